The molecular formula is C13H16BrF2NO. The normalized spacial score (nSPS) is 12.8. The lowest BCUT2D eigenvalue weighted by Gasteiger charge is -2.14. The van der Waals surface area contributed by atoms with Gasteiger partial charge in [-0.1, -0.05) is 13.8 Å². The van der Waals surface area contributed by atoms with Crippen LogP contribution in [0.15, 0.2) is 16.6 Å². The number of hydrogen-bond donors (Lipinski definition) is 1. The molecule has 0 aliphatic rings. The molecule has 0 saturated heterocycles. The van der Waals surface area contributed by atoms with E-state index in [1.165, 1.54) is 6.07 Å². The van der Waals surface area contributed by atoms with Crippen LogP contribution in [-0.4, -0.2) is 11.8 Å². The number of rotatable bonds is 5. The summed E-state index contributed by atoms with van der Waals surface area (Å²) in [5.74, 6) is -1.53. The van der Waals surface area contributed by atoms with Crippen LogP contribution in [0.5, 0.6) is 0 Å². The lowest BCUT2D eigenvalue weighted by Crippen LogP contribution is -2.30. The average Bonchev–Trinajstić information content (AvgIpc) is 2.29. The molecule has 18 heavy (non-hydrogen) atoms. The van der Waals surface area contributed by atoms with Gasteiger partial charge in [-0.15, -0.1) is 0 Å². The molecule has 0 radical (unpaired) electrons. The molecule has 1 atom stereocenters. The van der Waals surface area contributed by atoms with E-state index in [9.17, 15) is 13.6 Å². The van der Waals surface area contributed by atoms with Crippen molar-refractivity contribution >= 4 is 21.7 Å². The maximum absolute atomic E-state index is 13.6. The minimum atomic E-state index is -0.721. The van der Waals surface area contributed by atoms with E-state index < -0.39 is 11.6 Å². The van der Waals surface area contributed by atoms with Gasteiger partial charge in [0.15, 0.2) is 0 Å². The fraction of sp³-hybridized carbons (Fsp3) is 0.462. The van der Waals surface area contributed by atoms with Crippen LogP contribution in [0, 0.1) is 17.6 Å². The van der Waals surface area contributed by atoms with E-state index in [-0.39, 0.29) is 40.6 Å². The van der Waals surface area contributed by atoms with E-state index in [0.717, 1.165) is 6.07 Å². The van der Waals surface area contributed by atoms with Crippen molar-refractivity contribution in [2.24, 2.45) is 11.7 Å². The topological polar surface area (TPSA) is 43.1 Å². The summed E-state index contributed by atoms with van der Waals surface area (Å²) in [6, 6.07) is 2.13. The van der Waals surface area contributed by atoms with Crippen LogP contribution in [0.4, 0.5) is 8.78 Å². The highest BCUT2D eigenvalue weighted by Gasteiger charge is 2.18. The van der Waals surface area contributed by atoms with Gasteiger partial charge in [0.1, 0.15) is 17.4 Å². The molecule has 0 bridgehead atoms. The van der Waals surface area contributed by atoms with E-state index in [1.54, 1.807) is 0 Å². The van der Waals surface area contributed by atoms with E-state index in [2.05, 4.69) is 15.9 Å². The van der Waals surface area contributed by atoms with Gasteiger partial charge in [0.2, 0.25) is 0 Å². The minimum absolute atomic E-state index is 0.128. The molecular weight excluding hydrogens is 304 g/mol. The first-order chi connectivity index (χ1) is 8.32. The highest BCUT2D eigenvalue weighted by atomic mass is 79.9. The lowest BCUT2D eigenvalue weighted by molar-refractivity contribution is -0.119. The molecule has 100 valence electrons. The second-order valence-electron chi connectivity index (χ2n) is 4.65. The summed E-state index contributed by atoms with van der Waals surface area (Å²) in [7, 11) is 0. The van der Waals surface area contributed by atoms with E-state index in [1.807, 2.05) is 13.8 Å². The Morgan fingerprint density at radius 2 is 2.00 bits per heavy atom. The molecule has 0 spiro atoms. The van der Waals surface area contributed by atoms with Crippen molar-refractivity contribution in [1.29, 1.82) is 0 Å². The number of carbonyl (C=O) groups is 1. The van der Waals surface area contributed by atoms with Crippen LogP contribution in [0.25, 0.3) is 0 Å². The number of benzene rings is 1. The summed E-state index contributed by atoms with van der Waals surface area (Å²) >= 11 is 2.97. The van der Waals surface area contributed by atoms with Gasteiger partial charge in [-0.25, -0.2) is 8.78 Å². The summed E-state index contributed by atoms with van der Waals surface area (Å²) in [6.07, 6.45) is -0.138. The summed E-state index contributed by atoms with van der Waals surface area (Å²) in [4.78, 5) is 11.7. The SMILES string of the molecule is CC(C)C(N)CC(=O)Cc1c(F)ccc(Br)c1F. The number of nitrogens with two attached hydrogens (primary N) is 1. The standard InChI is InChI=1S/C13H16BrF2NO/c1-7(2)12(17)6-8(18)5-9-11(15)4-3-10(14)13(9)16/h3-4,7,12H,5-6,17H2,1-2H3. The number of Topliss-reactive ketones (excluding diaryl/α,β-unsaturated/α-hetero) is 1. The molecule has 0 amide bonds. The molecule has 1 aromatic carbocycles. The molecule has 0 aliphatic carbocycles. The molecule has 1 aromatic rings. The Morgan fingerprint density at radius 3 is 2.56 bits per heavy atom. The van der Waals surface area contributed by atoms with Crippen molar-refractivity contribution < 1.29 is 13.6 Å². The van der Waals surface area contributed by atoms with Gasteiger partial charge in [-0.05, 0) is 34.0 Å². The van der Waals surface area contributed by atoms with Crippen molar-refractivity contribution in [3.05, 3.63) is 33.8 Å². The van der Waals surface area contributed by atoms with Gasteiger partial charge in [-0.2, -0.15) is 0 Å². The van der Waals surface area contributed by atoms with Crippen LogP contribution in [0.1, 0.15) is 25.8 Å². The monoisotopic (exact) mass is 319 g/mol. The van der Waals surface area contributed by atoms with Crippen molar-refractivity contribution in [2.45, 2.75) is 32.7 Å². The van der Waals surface area contributed by atoms with Gasteiger partial charge in [0.25, 0.3) is 0 Å². The number of carbonyl (C=O) groups excluding carboxylic acids is 1. The second-order valence-corrected chi connectivity index (χ2v) is 5.50. The Kier molecular flexibility index (Phi) is 5.41. The third kappa shape index (κ3) is 3.85. The Balaban J connectivity index is 2.79. The Morgan fingerprint density at radius 1 is 1.39 bits per heavy atom. The maximum Gasteiger partial charge on any atom is 0.143 e. The van der Waals surface area contributed by atoms with Crippen molar-refractivity contribution in [3.63, 3.8) is 0 Å². The highest BCUT2D eigenvalue weighted by molar-refractivity contribution is 9.10. The molecule has 5 heteroatoms. The maximum atomic E-state index is 13.6. The van der Waals surface area contributed by atoms with Crippen LogP contribution >= 0.6 is 15.9 Å². The smallest absolute Gasteiger partial charge is 0.143 e. The zero-order valence-electron chi connectivity index (χ0n) is 10.3. The zero-order chi connectivity index (χ0) is 13.9. The van der Waals surface area contributed by atoms with Gasteiger partial charge >= 0.3 is 0 Å². The van der Waals surface area contributed by atoms with Crippen molar-refractivity contribution in [1.82, 2.24) is 0 Å². The first kappa shape index (κ1) is 15.2. The van der Waals surface area contributed by atoms with Gasteiger partial charge in [-0.3, -0.25) is 4.79 Å². The largest absolute Gasteiger partial charge is 0.327 e. The minimum Gasteiger partial charge on any atom is -0.327 e. The summed E-state index contributed by atoms with van der Waals surface area (Å²) in [5.41, 5.74) is 5.56. The molecule has 0 aromatic heterocycles. The predicted molar refractivity (Wildman–Crippen MR) is 70.2 cm³/mol. The summed E-state index contributed by atoms with van der Waals surface area (Å²) < 4.78 is 27.2. The fourth-order valence-corrected chi connectivity index (χ4v) is 1.87. The third-order valence-electron chi connectivity index (χ3n) is 2.83. The molecule has 0 heterocycles. The highest BCUT2D eigenvalue weighted by Crippen LogP contribution is 2.22. The van der Waals surface area contributed by atoms with Crippen molar-refractivity contribution in [3.8, 4) is 0 Å². The first-order valence-electron chi connectivity index (χ1n) is 5.72. The summed E-state index contributed by atoms with van der Waals surface area (Å²) in [6.45, 7) is 3.80. The van der Waals surface area contributed by atoms with Crippen LogP contribution in [0.2, 0.25) is 0 Å². The van der Waals surface area contributed by atoms with E-state index in [0.29, 0.717) is 0 Å². The fourth-order valence-electron chi connectivity index (χ4n) is 1.50. The van der Waals surface area contributed by atoms with E-state index in [4.69, 9.17) is 5.73 Å². The van der Waals surface area contributed by atoms with Crippen LogP contribution < -0.4 is 5.73 Å². The van der Waals surface area contributed by atoms with Crippen molar-refractivity contribution in [2.75, 3.05) is 0 Å². The molecule has 2 nitrogen and oxygen atoms in total. The van der Waals surface area contributed by atoms with Crippen LogP contribution in [-0.2, 0) is 11.2 Å². The molecule has 0 fully saturated rings. The quantitative estimate of drug-likeness (QED) is 0.847. The zero-order valence-corrected chi connectivity index (χ0v) is 11.9. The average molecular weight is 320 g/mol. The molecule has 1 rings (SSSR count). The molecule has 1 unspecified atom stereocenters. The number of ketones is 1. The number of hydrogen-bond acceptors (Lipinski definition) is 2. The predicted octanol–water partition coefficient (Wildman–Crippen LogP) is 3.21. The Bertz CT molecular complexity index is 449. The van der Waals surface area contributed by atoms with Crippen LogP contribution in [0.3, 0.4) is 0 Å². The second kappa shape index (κ2) is 6.38. The van der Waals surface area contributed by atoms with Gasteiger partial charge < -0.3 is 5.73 Å². The molecule has 0 saturated carbocycles. The van der Waals surface area contributed by atoms with Gasteiger partial charge in [0.05, 0.1) is 4.47 Å². The third-order valence-corrected chi connectivity index (χ3v) is 3.44. The van der Waals surface area contributed by atoms with E-state index >= 15 is 0 Å². The Labute approximate surface area is 114 Å². The first-order valence-corrected chi connectivity index (χ1v) is 6.52. The summed E-state index contributed by atoms with van der Waals surface area (Å²) in [5, 5.41) is 0. The number of halogens is 3. The molecule has 2 N–H and O–H groups in total. The van der Waals surface area contributed by atoms with Gasteiger partial charge in [0, 0.05) is 24.4 Å². The molecule has 0 aliphatic heterocycles. The lowest BCUT2D eigenvalue weighted by atomic mass is 9.96. The Hall–Kier alpha value is -0.810.